The first kappa shape index (κ1) is 17.8. The van der Waals surface area contributed by atoms with E-state index >= 15 is 0 Å². The number of ether oxygens (including phenoxy) is 1. The number of aromatic hydroxyl groups is 1. The van der Waals surface area contributed by atoms with Gasteiger partial charge in [-0.2, -0.15) is 5.10 Å². The van der Waals surface area contributed by atoms with Crippen molar-refractivity contribution >= 4 is 18.0 Å². The van der Waals surface area contributed by atoms with Crippen LogP contribution in [0, 0.1) is 0 Å². The molecule has 0 saturated heterocycles. The van der Waals surface area contributed by atoms with Crippen LogP contribution in [0.4, 0.5) is 0 Å². The molecule has 1 aliphatic rings. The molecule has 24 heavy (non-hydrogen) atoms. The maximum absolute atomic E-state index is 11.8. The average Bonchev–Trinajstić information content (AvgIpc) is 2.57. The number of benzene rings is 1. The highest BCUT2D eigenvalue weighted by atomic mass is 16.5. The number of phenols is 1. The van der Waals surface area contributed by atoms with E-state index in [0.717, 1.165) is 25.7 Å². The molecule has 1 saturated carbocycles. The van der Waals surface area contributed by atoms with Gasteiger partial charge in [-0.15, -0.1) is 0 Å². The summed E-state index contributed by atoms with van der Waals surface area (Å²) < 4.78 is 4.99. The summed E-state index contributed by atoms with van der Waals surface area (Å²) >= 11 is 0. The van der Waals surface area contributed by atoms with Crippen molar-refractivity contribution in [1.29, 1.82) is 0 Å². The Kier molecular flexibility index (Phi) is 6.60. The molecule has 1 aliphatic carbocycles. The minimum absolute atomic E-state index is 0.0620. The number of para-hydroxylation sites is 1. The van der Waals surface area contributed by atoms with E-state index in [-0.39, 0.29) is 24.1 Å². The van der Waals surface area contributed by atoms with Crippen molar-refractivity contribution in [3.63, 3.8) is 0 Å². The molecule has 0 unspecified atom stereocenters. The molecule has 2 rings (SSSR count). The van der Waals surface area contributed by atoms with E-state index in [2.05, 4.69) is 15.8 Å². The minimum Gasteiger partial charge on any atom is -0.504 e. The summed E-state index contributed by atoms with van der Waals surface area (Å²) in [6.07, 6.45) is 6.42. The van der Waals surface area contributed by atoms with Gasteiger partial charge in [-0.1, -0.05) is 25.3 Å². The van der Waals surface area contributed by atoms with Crippen molar-refractivity contribution in [1.82, 2.24) is 10.7 Å². The van der Waals surface area contributed by atoms with Gasteiger partial charge in [0.15, 0.2) is 11.5 Å². The van der Waals surface area contributed by atoms with Crippen LogP contribution in [0.5, 0.6) is 11.5 Å². The summed E-state index contributed by atoms with van der Waals surface area (Å²) in [6, 6.07) is 5.11. The number of nitrogens with one attached hydrogen (secondary N) is 2. The molecule has 1 aromatic rings. The molecule has 3 N–H and O–H groups in total. The fourth-order valence-corrected chi connectivity index (χ4v) is 2.69. The predicted molar refractivity (Wildman–Crippen MR) is 90.0 cm³/mol. The zero-order chi connectivity index (χ0) is 17.4. The molecule has 7 nitrogen and oxygen atoms in total. The molecule has 0 atom stereocenters. The van der Waals surface area contributed by atoms with Gasteiger partial charge in [-0.05, 0) is 25.0 Å². The summed E-state index contributed by atoms with van der Waals surface area (Å²) in [5, 5.41) is 16.5. The molecule has 7 heteroatoms. The molecule has 1 aromatic carbocycles. The monoisotopic (exact) mass is 333 g/mol. The lowest BCUT2D eigenvalue weighted by Gasteiger charge is -2.22. The molecule has 2 amide bonds. The van der Waals surface area contributed by atoms with E-state index in [1.807, 2.05) is 0 Å². The molecular weight excluding hydrogens is 310 g/mol. The molecular formula is C17H23N3O4. The zero-order valence-electron chi connectivity index (χ0n) is 13.7. The van der Waals surface area contributed by atoms with Crippen molar-refractivity contribution in [3.8, 4) is 11.5 Å². The highest BCUT2D eigenvalue weighted by Gasteiger charge is 2.17. The Hall–Kier alpha value is -2.57. The highest BCUT2D eigenvalue weighted by molar-refractivity contribution is 5.97. The number of hydrazone groups is 1. The Labute approximate surface area is 141 Å². The average molecular weight is 333 g/mol. The van der Waals surface area contributed by atoms with E-state index in [1.54, 1.807) is 18.2 Å². The third-order valence-corrected chi connectivity index (χ3v) is 3.93. The van der Waals surface area contributed by atoms with Crippen molar-refractivity contribution < 1.29 is 19.4 Å². The fraction of sp³-hybridized carbons (Fsp3) is 0.471. The Morgan fingerprint density at radius 1 is 1.29 bits per heavy atom. The minimum atomic E-state index is -0.498. The third kappa shape index (κ3) is 5.26. The van der Waals surface area contributed by atoms with E-state index in [1.165, 1.54) is 19.7 Å². The standard InChI is InChI=1S/C17H23N3O4/c1-24-14-9-5-6-12(17(14)23)11-18-20-16(22)10-15(21)19-13-7-3-2-4-8-13/h5-6,9,11,13,23H,2-4,7-8,10H2,1H3,(H,19,21)(H,20,22)/b18-11+. The lowest BCUT2D eigenvalue weighted by molar-refractivity contribution is -0.129. The number of hydrogen-bond donors (Lipinski definition) is 3. The van der Waals surface area contributed by atoms with Crippen molar-refractivity contribution in [2.45, 2.75) is 44.6 Å². The van der Waals surface area contributed by atoms with Crippen LogP contribution < -0.4 is 15.5 Å². The van der Waals surface area contributed by atoms with E-state index < -0.39 is 5.91 Å². The van der Waals surface area contributed by atoms with Gasteiger partial charge in [-0.25, -0.2) is 5.43 Å². The second kappa shape index (κ2) is 8.90. The first-order chi connectivity index (χ1) is 11.6. The largest absolute Gasteiger partial charge is 0.504 e. The Balaban J connectivity index is 1.79. The van der Waals surface area contributed by atoms with Crippen LogP contribution in [-0.4, -0.2) is 36.3 Å². The first-order valence-electron chi connectivity index (χ1n) is 8.07. The first-order valence-corrected chi connectivity index (χ1v) is 8.07. The van der Waals surface area contributed by atoms with Gasteiger partial charge in [0.2, 0.25) is 11.8 Å². The third-order valence-electron chi connectivity index (χ3n) is 3.93. The normalized spacial score (nSPS) is 15.2. The summed E-state index contributed by atoms with van der Waals surface area (Å²) in [4.78, 5) is 23.5. The van der Waals surface area contributed by atoms with Gasteiger partial charge in [-0.3, -0.25) is 9.59 Å². The van der Waals surface area contributed by atoms with Crippen molar-refractivity contribution in [2.24, 2.45) is 5.10 Å². The van der Waals surface area contributed by atoms with E-state index in [0.29, 0.717) is 11.3 Å². The second-order valence-corrected chi connectivity index (χ2v) is 5.77. The fourth-order valence-electron chi connectivity index (χ4n) is 2.69. The molecule has 1 fully saturated rings. The van der Waals surface area contributed by atoms with Crippen LogP contribution in [0.15, 0.2) is 23.3 Å². The number of amides is 2. The number of rotatable bonds is 6. The van der Waals surface area contributed by atoms with Gasteiger partial charge in [0.25, 0.3) is 0 Å². The van der Waals surface area contributed by atoms with Crippen LogP contribution >= 0.6 is 0 Å². The topological polar surface area (TPSA) is 100 Å². The number of methoxy groups -OCH3 is 1. The molecule has 0 spiro atoms. The number of carbonyl (C=O) groups is 2. The van der Waals surface area contributed by atoms with Crippen LogP contribution in [0.1, 0.15) is 44.1 Å². The predicted octanol–water partition coefficient (Wildman–Crippen LogP) is 1.69. The highest BCUT2D eigenvalue weighted by Crippen LogP contribution is 2.27. The molecule has 0 bridgehead atoms. The number of hydrogen-bond acceptors (Lipinski definition) is 5. The molecule has 0 aromatic heterocycles. The molecule has 0 radical (unpaired) electrons. The second-order valence-electron chi connectivity index (χ2n) is 5.77. The summed E-state index contributed by atoms with van der Waals surface area (Å²) in [5.41, 5.74) is 2.69. The van der Waals surface area contributed by atoms with E-state index in [4.69, 9.17) is 4.74 Å². The zero-order valence-corrected chi connectivity index (χ0v) is 13.7. The van der Waals surface area contributed by atoms with Crippen LogP contribution in [0.25, 0.3) is 0 Å². The van der Waals surface area contributed by atoms with Gasteiger partial charge in [0.05, 0.1) is 13.3 Å². The number of carbonyl (C=O) groups excluding carboxylic acids is 2. The van der Waals surface area contributed by atoms with Gasteiger partial charge >= 0.3 is 0 Å². The van der Waals surface area contributed by atoms with E-state index in [9.17, 15) is 14.7 Å². The Bertz CT molecular complexity index is 610. The molecule has 130 valence electrons. The number of nitrogens with zero attached hydrogens (tertiary/aromatic N) is 1. The number of phenolic OH excluding ortho intramolecular Hbond substituents is 1. The summed E-state index contributed by atoms with van der Waals surface area (Å²) in [7, 11) is 1.45. The van der Waals surface area contributed by atoms with Gasteiger partial charge in [0, 0.05) is 11.6 Å². The van der Waals surface area contributed by atoms with Crippen molar-refractivity contribution in [2.75, 3.05) is 7.11 Å². The summed E-state index contributed by atoms with van der Waals surface area (Å²) in [6.45, 7) is 0. The Morgan fingerprint density at radius 2 is 2.04 bits per heavy atom. The molecule has 0 heterocycles. The quantitative estimate of drug-likeness (QED) is 0.419. The van der Waals surface area contributed by atoms with Gasteiger partial charge in [0.1, 0.15) is 6.42 Å². The molecule has 0 aliphatic heterocycles. The lowest BCUT2D eigenvalue weighted by Crippen LogP contribution is -2.38. The maximum Gasteiger partial charge on any atom is 0.249 e. The smallest absolute Gasteiger partial charge is 0.249 e. The Morgan fingerprint density at radius 3 is 2.75 bits per heavy atom. The van der Waals surface area contributed by atoms with Crippen LogP contribution in [0.2, 0.25) is 0 Å². The maximum atomic E-state index is 11.8. The van der Waals surface area contributed by atoms with Crippen LogP contribution in [-0.2, 0) is 9.59 Å². The SMILES string of the molecule is COc1cccc(/C=N/NC(=O)CC(=O)NC2CCCCC2)c1O. The lowest BCUT2D eigenvalue weighted by atomic mass is 9.95. The van der Waals surface area contributed by atoms with Crippen molar-refractivity contribution in [3.05, 3.63) is 23.8 Å². The summed E-state index contributed by atoms with van der Waals surface area (Å²) in [5.74, 6) is -0.536. The van der Waals surface area contributed by atoms with Gasteiger partial charge < -0.3 is 15.2 Å². The van der Waals surface area contributed by atoms with Crippen LogP contribution in [0.3, 0.4) is 0 Å².